The lowest BCUT2D eigenvalue weighted by Crippen LogP contribution is -2.38. The number of carbonyl (C=O) groups is 1. The van der Waals surface area contributed by atoms with Crippen LogP contribution < -0.4 is 0 Å². The lowest BCUT2D eigenvalue weighted by atomic mass is 9.77. The number of benzene rings is 1. The Labute approximate surface area is 151 Å². The third-order valence-electron chi connectivity index (χ3n) is 5.86. The number of pyridine rings is 1. The molecule has 1 fully saturated rings. The fraction of sp³-hybridized carbons (Fsp3) is 0.350. The van der Waals surface area contributed by atoms with Gasteiger partial charge < -0.3 is 10.0 Å². The van der Waals surface area contributed by atoms with Gasteiger partial charge in [0.1, 0.15) is 0 Å². The molecule has 6 heteroatoms. The molecule has 26 heavy (non-hydrogen) atoms. The Morgan fingerprint density at radius 2 is 2.04 bits per heavy atom. The summed E-state index contributed by atoms with van der Waals surface area (Å²) in [7, 11) is 0. The Morgan fingerprint density at radius 3 is 2.88 bits per heavy atom. The Hall–Kier alpha value is -2.89. The largest absolute Gasteiger partial charge is 0.465 e. The number of likely N-dealkylation sites (tertiary alicyclic amines) is 1. The standard InChI is InChI=1S/C20H20N4O2/c25-19(26)23-9-7-20(13-23)6-3-8-24-18(20)11-17(22-24)15-10-14-4-1-2-5-16(14)21-12-15/h1-2,4-5,10-12H,3,6-9,13H2,(H,25,26). The molecule has 0 aliphatic carbocycles. The zero-order valence-electron chi connectivity index (χ0n) is 14.4. The van der Waals surface area contributed by atoms with Gasteiger partial charge in [-0.1, -0.05) is 18.2 Å². The molecule has 1 N–H and O–H groups in total. The molecule has 3 aromatic rings. The highest BCUT2D eigenvalue weighted by atomic mass is 16.4. The number of fused-ring (bicyclic) bond motifs is 3. The predicted molar refractivity (Wildman–Crippen MR) is 98.1 cm³/mol. The van der Waals surface area contributed by atoms with Crippen LogP contribution in [0.1, 0.15) is 25.0 Å². The zero-order valence-corrected chi connectivity index (χ0v) is 14.4. The summed E-state index contributed by atoms with van der Waals surface area (Å²) in [5.74, 6) is 0. The van der Waals surface area contributed by atoms with Crippen LogP contribution in [-0.4, -0.2) is 44.0 Å². The van der Waals surface area contributed by atoms with Crippen LogP contribution >= 0.6 is 0 Å². The van der Waals surface area contributed by atoms with E-state index in [1.807, 2.05) is 24.4 Å². The van der Waals surface area contributed by atoms with Gasteiger partial charge in [0.05, 0.1) is 11.2 Å². The maximum absolute atomic E-state index is 11.4. The summed E-state index contributed by atoms with van der Waals surface area (Å²) in [6, 6.07) is 12.3. The first kappa shape index (κ1) is 15.4. The predicted octanol–water partition coefficient (Wildman–Crippen LogP) is 3.51. The smallest absolute Gasteiger partial charge is 0.407 e. The van der Waals surface area contributed by atoms with E-state index in [-0.39, 0.29) is 5.41 Å². The lowest BCUT2D eigenvalue weighted by molar-refractivity contribution is 0.151. The van der Waals surface area contributed by atoms with Gasteiger partial charge in [0.2, 0.25) is 0 Å². The molecule has 0 radical (unpaired) electrons. The van der Waals surface area contributed by atoms with Crippen molar-refractivity contribution in [2.75, 3.05) is 13.1 Å². The van der Waals surface area contributed by atoms with E-state index in [1.54, 1.807) is 4.90 Å². The van der Waals surface area contributed by atoms with Crippen LogP contribution in [0.4, 0.5) is 4.79 Å². The number of carboxylic acid groups (broad SMARTS) is 1. The van der Waals surface area contributed by atoms with Crippen molar-refractivity contribution in [3.05, 3.63) is 48.3 Å². The number of para-hydroxylation sites is 1. The van der Waals surface area contributed by atoms with E-state index >= 15 is 0 Å². The molecule has 1 amide bonds. The van der Waals surface area contributed by atoms with Gasteiger partial charge in [0, 0.05) is 47.9 Å². The van der Waals surface area contributed by atoms with Gasteiger partial charge in [-0.3, -0.25) is 9.67 Å². The van der Waals surface area contributed by atoms with Crippen molar-refractivity contribution in [3.8, 4) is 11.3 Å². The van der Waals surface area contributed by atoms with Crippen LogP contribution in [0.25, 0.3) is 22.2 Å². The van der Waals surface area contributed by atoms with Gasteiger partial charge in [-0.05, 0) is 37.5 Å². The van der Waals surface area contributed by atoms with Gasteiger partial charge in [-0.15, -0.1) is 0 Å². The van der Waals surface area contributed by atoms with Crippen molar-refractivity contribution in [2.24, 2.45) is 0 Å². The molecule has 132 valence electrons. The molecular weight excluding hydrogens is 328 g/mol. The average Bonchev–Trinajstić information content (AvgIpc) is 3.28. The summed E-state index contributed by atoms with van der Waals surface area (Å²) >= 11 is 0. The van der Waals surface area contributed by atoms with Crippen LogP contribution in [0.3, 0.4) is 0 Å². The second-order valence-electron chi connectivity index (χ2n) is 7.39. The normalized spacial score (nSPS) is 22.1. The summed E-state index contributed by atoms with van der Waals surface area (Å²) in [4.78, 5) is 17.5. The third kappa shape index (κ3) is 2.29. The van der Waals surface area contributed by atoms with Crippen molar-refractivity contribution < 1.29 is 9.90 Å². The van der Waals surface area contributed by atoms with E-state index < -0.39 is 6.09 Å². The van der Waals surface area contributed by atoms with Crippen molar-refractivity contribution in [1.82, 2.24) is 19.7 Å². The molecule has 5 rings (SSSR count). The third-order valence-corrected chi connectivity index (χ3v) is 5.86. The van der Waals surface area contributed by atoms with Gasteiger partial charge in [0.25, 0.3) is 0 Å². The van der Waals surface area contributed by atoms with Crippen LogP contribution in [0.15, 0.2) is 42.6 Å². The molecule has 2 aliphatic rings. The van der Waals surface area contributed by atoms with E-state index in [9.17, 15) is 9.90 Å². The van der Waals surface area contributed by atoms with Crippen molar-refractivity contribution >= 4 is 17.0 Å². The first-order chi connectivity index (χ1) is 12.6. The Kier molecular flexibility index (Phi) is 3.29. The quantitative estimate of drug-likeness (QED) is 0.730. The van der Waals surface area contributed by atoms with Gasteiger partial charge in [-0.25, -0.2) is 4.79 Å². The number of hydrogen-bond donors (Lipinski definition) is 1. The molecular formula is C20H20N4O2. The molecule has 1 unspecified atom stereocenters. The van der Waals surface area contributed by atoms with E-state index in [4.69, 9.17) is 5.10 Å². The van der Waals surface area contributed by atoms with Crippen molar-refractivity contribution in [2.45, 2.75) is 31.2 Å². The number of aromatic nitrogens is 3. The maximum Gasteiger partial charge on any atom is 0.407 e. The Bertz CT molecular complexity index is 1010. The van der Waals surface area contributed by atoms with Gasteiger partial charge >= 0.3 is 6.09 Å². The summed E-state index contributed by atoms with van der Waals surface area (Å²) in [6.07, 6.45) is 4.00. The molecule has 1 atom stereocenters. The summed E-state index contributed by atoms with van der Waals surface area (Å²) in [5, 5.41) is 15.3. The Balaban J connectivity index is 1.56. The highest BCUT2D eigenvalue weighted by molar-refractivity contribution is 5.82. The van der Waals surface area contributed by atoms with Gasteiger partial charge in [-0.2, -0.15) is 5.10 Å². The molecule has 4 heterocycles. The van der Waals surface area contributed by atoms with Crippen LogP contribution in [-0.2, 0) is 12.0 Å². The highest BCUT2D eigenvalue weighted by Crippen LogP contribution is 2.43. The minimum Gasteiger partial charge on any atom is -0.465 e. The molecule has 1 aromatic carbocycles. The molecule has 2 aromatic heterocycles. The first-order valence-corrected chi connectivity index (χ1v) is 9.06. The minimum atomic E-state index is -0.822. The number of amides is 1. The molecule has 2 aliphatic heterocycles. The van der Waals surface area contributed by atoms with Crippen LogP contribution in [0.2, 0.25) is 0 Å². The molecule has 6 nitrogen and oxygen atoms in total. The SMILES string of the molecule is O=C(O)N1CCC2(CCCn3nc(-c4cnc5ccccc5c4)cc32)C1. The first-order valence-electron chi connectivity index (χ1n) is 9.06. The topological polar surface area (TPSA) is 71.2 Å². The summed E-state index contributed by atoms with van der Waals surface area (Å²) < 4.78 is 2.08. The fourth-order valence-electron chi connectivity index (χ4n) is 4.51. The second kappa shape index (κ2) is 5.56. The van der Waals surface area contributed by atoms with E-state index in [1.165, 1.54) is 5.69 Å². The van der Waals surface area contributed by atoms with E-state index in [0.717, 1.165) is 48.0 Å². The van der Waals surface area contributed by atoms with E-state index in [0.29, 0.717) is 13.1 Å². The monoisotopic (exact) mass is 348 g/mol. The maximum atomic E-state index is 11.4. The van der Waals surface area contributed by atoms with Crippen molar-refractivity contribution in [3.63, 3.8) is 0 Å². The number of aryl methyl sites for hydroxylation is 1. The fourth-order valence-corrected chi connectivity index (χ4v) is 4.51. The van der Waals surface area contributed by atoms with Gasteiger partial charge in [0.15, 0.2) is 0 Å². The average molecular weight is 348 g/mol. The molecule has 1 spiro atoms. The summed E-state index contributed by atoms with van der Waals surface area (Å²) in [6.45, 7) is 2.07. The molecule has 1 saturated heterocycles. The molecule has 0 bridgehead atoms. The number of hydrogen-bond acceptors (Lipinski definition) is 3. The highest BCUT2D eigenvalue weighted by Gasteiger charge is 2.45. The van der Waals surface area contributed by atoms with Crippen LogP contribution in [0.5, 0.6) is 0 Å². The minimum absolute atomic E-state index is 0.0911. The van der Waals surface area contributed by atoms with E-state index in [2.05, 4.69) is 27.9 Å². The van der Waals surface area contributed by atoms with Crippen molar-refractivity contribution in [1.29, 1.82) is 0 Å². The summed E-state index contributed by atoms with van der Waals surface area (Å²) in [5.41, 5.74) is 3.99. The zero-order chi connectivity index (χ0) is 17.7. The number of rotatable bonds is 1. The Morgan fingerprint density at radius 1 is 1.15 bits per heavy atom. The number of nitrogens with zero attached hydrogens (tertiary/aromatic N) is 4. The molecule has 0 saturated carbocycles. The van der Waals surface area contributed by atoms with Crippen LogP contribution in [0, 0.1) is 0 Å². The second-order valence-corrected chi connectivity index (χ2v) is 7.39. The lowest BCUT2D eigenvalue weighted by Gasteiger charge is -2.33.